The Hall–Kier alpha value is -1.58. The van der Waals surface area contributed by atoms with Crippen molar-refractivity contribution in [3.05, 3.63) is 54.0 Å². The van der Waals surface area contributed by atoms with E-state index in [1.807, 2.05) is 42.5 Å². The zero-order chi connectivity index (χ0) is 10.7. The summed E-state index contributed by atoms with van der Waals surface area (Å²) >= 11 is 0. The van der Waals surface area contributed by atoms with Gasteiger partial charge in [0.15, 0.2) is 0 Å². The molecule has 2 rings (SSSR count). The van der Waals surface area contributed by atoms with Crippen LogP contribution in [0, 0.1) is 0 Å². The molecule has 74 valence electrons. The van der Waals surface area contributed by atoms with Crippen LogP contribution in [0.5, 0.6) is 0 Å². The van der Waals surface area contributed by atoms with Crippen molar-refractivity contribution >= 4 is 24.0 Å². The summed E-state index contributed by atoms with van der Waals surface area (Å²) < 4.78 is 0. The summed E-state index contributed by atoms with van der Waals surface area (Å²) in [5.41, 5.74) is 0.960. The zero-order valence-electron chi connectivity index (χ0n) is 8.17. The Morgan fingerprint density at radius 1 is 0.933 bits per heavy atom. The minimum Gasteiger partial charge on any atom is -0.424 e. The molecule has 2 aromatic carbocycles. The molecule has 0 aliphatic carbocycles. The van der Waals surface area contributed by atoms with Crippen LogP contribution >= 0.6 is 0 Å². The van der Waals surface area contributed by atoms with Gasteiger partial charge in [0.2, 0.25) is 0 Å². The first-order valence-corrected chi connectivity index (χ1v) is 4.79. The molecule has 0 spiro atoms. The highest BCUT2D eigenvalue weighted by atomic mass is 16.4. The molecule has 2 nitrogen and oxygen atoms in total. The maximum atomic E-state index is 8.70. The van der Waals surface area contributed by atoms with Crippen molar-refractivity contribution in [1.29, 1.82) is 0 Å². The summed E-state index contributed by atoms with van der Waals surface area (Å²) in [6.07, 6.45) is 1.69. The number of hydrogen-bond acceptors (Lipinski definition) is 2. The fraction of sp³-hybridized carbons (Fsp3) is 0. The van der Waals surface area contributed by atoms with Gasteiger partial charge < -0.3 is 10.0 Å². The zero-order valence-corrected chi connectivity index (χ0v) is 8.17. The largest absolute Gasteiger partial charge is 0.480 e. The molecule has 0 unspecified atom stereocenters. The molecule has 0 aliphatic rings. The highest BCUT2D eigenvalue weighted by Gasteiger charge is 1.98. The molecule has 15 heavy (non-hydrogen) atoms. The predicted octanol–water partition coefficient (Wildman–Crippen LogP) is 1.86. The Morgan fingerprint density at radius 3 is 2.40 bits per heavy atom. The molecule has 0 heterocycles. The number of hydrogen-bond donors (Lipinski definition) is 2. The van der Waals surface area contributed by atoms with Crippen LogP contribution in [0.15, 0.2) is 48.4 Å². The van der Waals surface area contributed by atoms with Gasteiger partial charge in [-0.05, 0) is 22.4 Å². The van der Waals surface area contributed by atoms with Crippen molar-refractivity contribution in [3.63, 3.8) is 0 Å². The molecule has 0 saturated carbocycles. The van der Waals surface area contributed by atoms with Crippen molar-refractivity contribution in [3.8, 4) is 0 Å². The van der Waals surface area contributed by atoms with E-state index in [0.29, 0.717) is 0 Å². The lowest BCUT2D eigenvalue weighted by atomic mass is 9.90. The van der Waals surface area contributed by atoms with E-state index in [9.17, 15) is 0 Å². The van der Waals surface area contributed by atoms with Crippen LogP contribution < -0.4 is 0 Å². The summed E-state index contributed by atoms with van der Waals surface area (Å²) in [5, 5.41) is 19.7. The van der Waals surface area contributed by atoms with Gasteiger partial charge in [0.1, 0.15) is 0 Å². The third kappa shape index (κ3) is 2.46. The standard InChI is InChI=1S/C12H11BO2/c14-13(15)8-7-10-5-6-11-3-1-2-4-12(11)9-10/h1-9,14-15H/b8-7+. The molecule has 0 aromatic heterocycles. The Kier molecular flexibility index (Phi) is 2.85. The quantitative estimate of drug-likeness (QED) is 0.723. The molecule has 2 aromatic rings. The van der Waals surface area contributed by atoms with Gasteiger partial charge in [0, 0.05) is 0 Å². The van der Waals surface area contributed by atoms with Gasteiger partial charge in [-0.1, -0.05) is 48.4 Å². The lowest BCUT2D eigenvalue weighted by Crippen LogP contribution is -2.05. The normalized spacial score (nSPS) is 11.1. The van der Waals surface area contributed by atoms with E-state index < -0.39 is 7.12 Å². The van der Waals surface area contributed by atoms with Gasteiger partial charge in [-0.25, -0.2) is 0 Å². The lowest BCUT2D eigenvalue weighted by molar-refractivity contribution is 0.424. The Morgan fingerprint density at radius 2 is 1.67 bits per heavy atom. The van der Waals surface area contributed by atoms with Crippen molar-refractivity contribution in [2.24, 2.45) is 0 Å². The monoisotopic (exact) mass is 198 g/mol. The maximum absolute atomic E-state index is 8.70. The summed E-state index contributed by atoms with van der Waals surface area (Å²) in [5.74, 6) is 1.34. The Balaban J connectivity index is 2.39. The fourth-order valence-corrected chi connectivity index (χ4v) is 1.51. The van der Waals surface area contributed by atoms with Crippen LogP contribution in [0.3, 0.4) is 0 Å². The van der Waals surface area contributed by atoms with E-state index in [1.165, 1.54) is 11.4 Å². The van der Waals surface area contributed by atoms with E-state index >= 15 is 0 Å². The summed E-state index contributed by atoms with van der Waals surface area (Å²) in [6.45, 7) is 0. The molecule has 0 bridgehead atoms. The van der Waals surface area contributed by atoms with E-state index in [-0.39, 0.29) is 0 Å². The first-order chi connectivity index (χ1) is 7.25. The molecular formula is C12H11BO2. The first kappa shape index (κ1) is 9.96. The predicted molar refractivity (Wildman–Crippen MR) is 63.2 cm³/mol. The van der Waals surface area contributed by atoms with Crippen LogP contribution in [0.2, 0.25) is 0 Å². The molecule has 0 atom stereocenters. The minimum atomic E-state index is -1.39. The van der Waals surface area contributed by atoms with Crippen molar-refractivity contribution < 1.29 is 10.0 Å². The SMILES string of the molecule is OB(O)/C=C/c1ccc2ccccc2c1. The van der Waals surface area contributed by atoms with Gasteiger partial charge in [0.25, 0.3) is 0 Å². The topological polar surface area (TPSA) is 40.5 Å². The molecule has 0 radical (unpaired) electrons. The minimum absolute atomic E-state index is 0.960. The molecule has 2 N–H and O–H groups in total. The van der Waals surface area contributed by atoms with E-state index in [0.717, 1.165) is 10.9 Å². The first-order valence-electron chi connectivity index (χ1n) is 4.79. The van der Waals surface area contributed by atoms with Crippen LogP contribution in [0.25, 0.3) is 16.8 Å². The average Bonchev–Trinajstić information content (AvgIpc) is 2.26. The second-order valence-corrected chi connectivity index (χ2v) is 3.38. The van der Waals surface area contributed by atoms with Gasteiger partial charge in [0.05, 0.1) is 0 Å². The van der Waals surface area contributed by atoms with Gasteiger partial charge in [-0.3, -0.25) is 0 Å². The average molecular weight is 198 g/mol. The summed E-state index contributed by atoms with van der Waals surface area (Å²) in [4.78, 5) is 0. The highest BCUT2D eigenvalue weighted by molar-refractivity contribution is 6.48. The van der Waals surface area contributed by atoms with E-state index in [2.05, 4.69) is 0 Å². The van der Waals surface area contributed by atoms with Crippen LogP contribution in [-0.2, 0) is 0 Å². The molecule has 0 saturated heterocycles. The smallest absolute Gasteiger partial charge is 0.424 e. The highest BCUT2D eigenvalue weighted by Crippen LogP contribution is 2.16. The van der Waals surface area contributed by atoms with Crippen LogP contribution in [-0.4, -0.2) is 17.2 Å². The van der Waals surface area contributed by atoms with Crippen LogP contribution in [0.1, 0.15) is 5.56 Å². The van der Waals surface area contributed by atoms with Crippen molar-refractivity contribution in [2.45, 2.75) is 0 Å². The molecule has 0 fully saturated rings. The molecular weight excluding hydrogens is 187 g/mol. The third-order valence-electron chi connectivity index (χ3n) is 2.23. The Bertz CT molecular complexity index is 492. The van der Waals surface area contributed by atoms with Crippen molar-refractivity contribution in [1.82, 2.24) is 0 Å². The second-order valence-electron chi connectivity index (χ2n) is 3.38. The van der Waals surface area contributed by atoms with Crippen molar-refractivity contribution in [2.75, 3.05) is 0 Å². The number of fused-ring (bicyclic) bond motifs is 1. The summed E-state index contributed by atoms with van der Waals surface area (Å²) in [6, 6.07) is 14.0. The van der Waals surface area contributed by atoms with Gasteiger partial charge in [-0.15, -0.1) is 0 Å². The third-order valence-corrected chi connectivity index (χ3v) is 2.23. The summed E-state index contributed by atoms with van der Waals surface area (Å²) in [7, 11) is -1.39. The number of rotatable bonds is 2. The number of benzene rings is 2. The molecule has 3 heteroatoms. The van der Waals surface area contributed by atoms with E-state index in [1.54, 1.807) is 6.08 Å². The molecule has 0 aliphatic heterocycles. The second kappa shape index (κ2) is 4.30. The van der Waals surface area contributed by atoms with Gasteiger partial charge >= 0.3 is 7.12 Å². The molecule has 0 amide bonds. The lowest BCUT2D eigenvalue weighted by Gasteiger charge is -1.98. The van der Waals surface area contributed by atoms with Gasteiger partial charge in [-0.2, -0.15) is 0 Å². The van der Waals surface area contributed by atoms with Crippen LogP contribution in [0.4, 0.5) is 0 Å². The maximum Gasteiger partial charge on any atom is 0.480 e. The van der Waals surface area contributed by atoms with E-state index in [4.69, 9.17) is 10.0 Å². The Labute approximate surface area is 88.6 Å². The fourth-order valence-electron chi connectivity index (χ4n) is 1.51.